The van der Waals surface area contributed by atoms with Crippen molar-refractivity contribution in [2.45, 2.75) is 50.9 Å². The quantitative estimate of drug-likeness (QED) is 0.839. The molecule has 2 heterocycles. The van der Waals surface area contributed by atoms with Crippen LogP contribution in [0.15, 0.2) is 0 Å². The SMILES string of the molecule is CCCC1CN(CC2CSCCS2)C(C(C)C)CN1. The van der Waals surface area contributed by atoms with Gasteiger partial charge in [0.15, 0.2) is 0 Å². The van der Waals surface area contributed by atoms with Crippen molar-refractivity contribution in [3.8, 4) is 0 Å². The molecule has 112 valence electrons. The molecule has 19 heavy (non-hydrogen) atoms. The van der Waals surface area contributed by atoms with Crippen molar-refractivity contribution in [1.82, 2.24) is 10.2 Å². The van der Waals surface area contributed by atoms with Crippen molar-refractivity contribution in [2.75, 3.05) is 36.9 Å². The number of piperazine rings is 1. The number of nitrogens with zero attached hydrogens (tertiary/aromatic N) is 1. The summed E-state index contributed by atoms with van der Waals surface area (Å²) in [6, 6.07) is 1.46. The van der Waals surface area contributed by atoms with Crippen LogP contribution in [0.25, 0.3) is 0 Å². The highest BCUT2D eigenvalue weighted by Crippen LogP contribution is 2.27. The minimum absolute atomic E-state index is 0.723. The number of thioether (sulfide) groups is 2. The van der Waals surface area contributed by atoms with Gasteiger partial charge in [0.1, 0.15) is 0 Å². The maximum Gasteiger partial charge on any atom is 0.0265 e. The maximum absolute atomic E-state index is 3.76. The fourth-order valence-corrected chi connectivity index (χ4v) is 5.91. The smallest absolute Gasteiger partial charge is 0.0265 e. The van der Waals surface area contributed by atoms with E-state index in [2.05, 4.69) is 54.5 Å². The van der Waals surface area contributed by atoms with Gasteiger partial charge in [-0.15, -0.1) is 0 Å². The first-order valence-electron chi connectivity index (χ1n) is 7.87. The molecule has 3 atom stereocenters. The molecule has 3 unspecified atom stereocenters. The Bertz CT molecular complexity index is 255. The average molecular weight is 303 g/mol. The summed E-state index contributed by atoms with van der Waals surface area (Å²) >= 11 is 4.35. The van der Waals surface area contributed by atoms with Crippen molar-refractivity contribution in [2.24, 2.45) is 5.92 Å². The van der Waals surface area contributed by atoms with Crippen LogP contribution >= 0.6 is 23.5 Å². The second-order valence-corrected chi connectivity index (χ2v) is 8.78. The van der Waals surface area contributed by atoms with Gasteiger partial charge in [0.05, 0.1) is 0 Å². The van der Waals surface area contributed by atoms with E-state index in [0.717, 1.165) is 23.3 Å². The van der Waals surface area contributed by atoms with Gasteiger partial charge in [0.2, 0.25) is 0 Å². The molecular weight excluding hydrogens is 272 g/mol. The van der Waals surface area contributed by atoms with Gasteiger partial charge < -0.3 is 5.32 Å². The Labute approximate surface area is 127 Å². The molecule has 0 bridgehead atoms. The molecule has 0 saturated carbocycles. The standard InChI is InChI=1S/C15H30N2S2/c1-4-5-13-9-17(15(8-16-13)12(2)3)10-14-11-18-6-7-19-14/h12-16H,4-11H2,1-3H3. The molecule has 0 amide bonds. The van der Waals surface area contributed by atoms with Crippen molar-refractivity contribution >= 4 is 23.5 Å². The first-order chi connectivity index (χ1) is 9.20. The number of hydrogen-bond acceptors (Lipinski definition) is 4. The lowest BCUT2D eigenvalue weighted by Crippen LogP contribution is -2.59. The summed E-state index contributed by atoms with van der Waals surface area (Å²) in [6.45, 7) is 10.8. The Hall–Kier alpha value is 0.620. The molecule has 2 nitrogen and oxygen atoms in total. The third-order valence-electron chi connectivity index (χ3n) is 4.27. The largest absolute Gasteiger partial charge is 0.311 e. The lowest BCUT2D eigenvalue weighted by Gasteiger charge is -2.44. The predicted octanol–water partition coefficient (Wildman–Crippen LogP) is 2.93. The van der Waals surface area contributed by atoms with Crippen LogP contribution in [0.2, 0.25) is 0 Å². The van der Waals surface area contributed by atoms with Gasteiger partial charge in [-0.1, -0.05) is 27.2 Å². The Kier molecular flexibility index (Phi) is 6.87. The highest BCUT2D eigenvalue weighted by molar-refractivity contribution is 8.06. The Morgan fingerprint density at radius 3 is 2.79 bits per heavy atom. The highest BCUT2D eigenvalue weighted by Gasteiger charge is 2.31. The molecule has 2 aliphatic rings. The van der Waals surface area contributed by atoms with Crippen LogP contribution in [0.5, 0.6) is 0 Å². The molecule has 0 radical (unpaired) electrons. The minimum atomic E-state index is 0.723. The normalized spacial score (nSPS) is 33.8. The number of nitrogens with one attached hydrogen (secondary N) is 1. The first kappa shape index (κ1) is 16.0. The van der Waals surface area contributed by atoms with Gasteiger partial charge in [0.25, 0.3) is 0 Å². The summed E-state index contributed by atoms with van der Waals surface area (Å²) < 4.78 is 0. The van der Waals surface area contributed by atoms with E-state index in [1.165, 1.54) is 49.7 Å². The van der Waals surface area contributed by atoms with Crippen LogP contribution in [-0.4, -0.2) is 59.1 Å². The van der Waals surface area contributed by atoms with E-state index in [0.29, 0.717) is 0 Å². The fourth-order valence-electron chi connectivity index (χ4n) is 3.21. The van der Waals surface area contributed by atoms with E-state index < -0.39 is 0 Å². The molecule has 2 rings (SSSR count). The molecule has 0 aromatic rings. The van der Waals surface area contributed by atoms with E-state index in [-0.39, 0.29) is 0 Å². The Balaban J connectivity index is 1.90. The fraction of sp³-hybridized carbons (Fsp3) is 1.00. The van der Waals surface area contributed by atoms with Gasteiger partial charge >= 0.3 is 0 Å². The van der Waals surface area contributed by atoms with Gasteiger partial charge in [-0.2, -0.15) is 23.5 Å². The van der Waals surface area contributed by atoms with Gasteiger partial charge in [0, 0.05) is 54.2 Å². The zero-order valence-corrected chi connectivity index (χ0v) is 14.4. The van der Waals surface area contributed by atoms with E-state index in [1.54, 1.807) is 0 Å². The van der Waals surface area contributed by atoms with Crippen LogP contribution in [0.3, 0.4) is 0 Å². The zero-order chi connectivity index (χ0) is 13.7. The predicted molar refractivity (Wildman–Crippen MR) is 90.5 cm³/mol. The van der Waals surface area contributed by atoms with Crippen LogP contribution in [0.4, 0.5) is 0 Å². The lowest BCUT2D eigenvalue weighted by molar-refractivity contribution is 0.0975. The van der Waals surface area contributed by atoms with Crippen molar-refractivity contribution in [3.05, 3.63) is 0 Å². The summed E-state index contributed by atoms with van der Waals surface area (Å²) in [7, 11) is 0. The number of rotatable bonds is 5. The molecule has 0 aromatic heterocycles. The Morgan fingerprint density at radius 1 is 1.32 bits per heavy atom. The summed E-state index contributed by atoms with van der Waals surface area (Å²) in [6.07, 6.45) is 2.62. The first-order valence-corrected chi connectivity index (χ1v) is 10.1. The number of hydrogen-bond donors (Lipinski definition) is 1. The molecule has 1 N–H and O–H groups in total. The van der Waals surface area contributed by atoms with Crippen molar-refractivity contribution in [3.63, 3.8) is 0 Å². The maximum atomic E-state index is 3.76. The molecule has 2 fully saturated rings. The van der Waals surface area contributed by atoms with E-state index in [1.807, 2.05) is 0 Å². The van der Waals surface area contributed by atoms with E-state index >= 15 is 0 Å². The van der Waals surface area contributed by atoms with Crippen molar-refractivity contribution in [1.29, 1.82) is 0 Å². The molecular formula is C15H30N2S2. The zero-order valence-electron chi connectivity index (χ0n) is 12.7. The molecule has 4 heteroatoms. The molecule has 2 aliphatic heterocycles. The van der Waals surface area contributed by atoms with Gasteiger partial charge in [-0.05, 0) is 12.3 Å². The summed E-state index contributed by atoms with van der Waals surface area (Å²) in [5.74, 6) is 4.83. The van der Waals surface area contributed by atoms with E-state index in [4.69, 9.17) is 0 Å². The monoisotopic (exact) mass is 302 g/mol. The third-order valence-corrected chi connectivity index (χ3v) is 7.10. The summed E-state index contributed by atoms with van der Waals surface area (Å²) in [5, 5.41) is 4.63. The van der Waals surface area contributed by atoms with Crippen molar-refractivity contribution < 1.29 is 0 Å². The van der Waals surface area contributed by atoms with Crippen LogP contribution in [-0.2, 0) is 0 Å². The van der Waals surface area contributed by atoms with Crippen LogP contribution in [0, 0.1) is 5.92 Å². The second kappa shape index (κ2) is 8.16. The topological polar surface area (TPSA) is 15.3 Å². The lowest BCUT2D eigenvalue weighted by atomic mass is 9.97. The van der Waals surface area contributed by atoms with E-state index in [9.17, 15) is 0 Å². The molecule has 0 spiro atoms. The van der Waals surface area contributed by atoms with Gasteiger partial charge in [-0.3, -0.25) is 4.90 Å². The molecule has 2 saturated heterocycles. The van der Waals surface area contributed by atoms with Gasteiger partial charge in [-0.25, -0.2) is 0 Å². The third kappa shape index (κ3) is 4.83. The molecule has 0 aromatic carbocycles. The van der Waals surface area contributed by atoms with Crippen LogP contribution in [0.1, 0.15) is 33.6 Å². The highest BCUT2D eigenvalue weighted by atomic mass is 32.2. The second-order valence-electron chi connectivity index (χ2n) is 6.23. The average Bonchev–Trinajstić information content (AvgIpc) is 2.40. The molecule has 0 aliphatic carbocycles. The minimum Gasteiger partial charge on any atom is -0.311 e. The Morgan fingerprint density at radius 2 is 2.16 bits per heavy atom. The van der Waals surface area contributed by atoms with Crippen LogP contribution < -0.4 is 5.32 Å². The summed E-state index contributed by atoms with van der Waals surface area (Å²) in [4.78, 5) is 2.80. The summed E-state index contributed by atoms with van der Waals surface area (Å²) in [5.41, 5.74) is 0.